The molecule has 0 aromatic heterocycles. The number of nitrogens with two attached hydrogens (primary N) is 1. The van der Waals surface area contributed by atoms with Gasteiger partial charge < -0.3 is 10.5 Å². The van der Waals surface area contributed by atoms with Crippen molar-refractivity contribution in [2.24, 2.45) is 11.7 Å². The Morgan fingerprint density at radius 1 is 1.63 bits per heavy atom. The number of halogens is 1. The Bertz CT molecular complexity index is 506. The maximum atomic E-state index is 13.1. The van der Waals surface area contributed by atoms with Crippen LogP contribution in [0.1, 0.15) is 13.3 Å². The van der Waals surface area contributed by atoms with Crippen LogP contribution in [0.3, 0.4) is 0 Å². The van der Waals surface area contributed by atoms with Crippen LogP contribution in [0.5, 0.6) is 0 Å². The quantitative estimate of drug-likeness (QED) is 0.900. The highest BCUT2D eigenvalue weighted by molar-refractivity contribution is 5.89. The van der Waals surface area contributed by atoms with Crippen molar-refractivity contribution in [2.45, 2.75) is 19.4 Å². The van der Waals surface area contributed by atoms with E-state index >= 15 is 0 Å². The van der Waals surface area contributed by atoms with Crippen LogP contribution in [0.25, 0.3) is 0 Å². The second-order valence-electron chi connectivity index (χ2n) is 4.66. The molecular formula is C13H15FN2O3. The van der Waals surface area contributed by atoms with Crippen molar-refractivity contribution in [3.05, 3.63) is 30.1 Å². The number of hydrogen-bond donors (Lipinski definition) is 1. The molecule has 1 aliphatic rings. The number of amides is 2. The monoisotopic (exact) mass is 266 g/mol. The largest absolute Gasteiger partial charge is 0.444 e. The van der Waals surface area contributed by atoms with E-state index in [9.17, 15) is 14.0 Å². The average molecular weight is 266 g/mol. The van der Waals surface area contributed by atoms with Crippen LogP contribution < -0.4 is 10.6 Å². The van der Waals surface area contributed by atoms with E-state index in [4.69, 9.17) is 10.5 Å². The number of carbonyl (C=O) groups is 2. The van der Waals surface area contributed by atoms with Gasteiger partial charge in [0, 0.05) is 12.3 Å². The lowest BCUT2D eigenvalue weighted by molar-refractivity contribution is -0.119. The van der Waals surface area contributed by atoms with Crippen LogP contribution in [0.15, 0.2) is 24.3 Å². The Kier molecular flexibility index (Phi) is 3.69. The van der Waals surface area contributed by atoms with Crippen molar-refractivity contribution in [3.8, 4) is 0 Å². The molecule has 2 unspecified atom stereocenters. The lowest BCUT2D eigenvalue weighted by atomic mass is 10.0. The van der Waals surface area contributed by atoms with E-state index in [1.54, 1.807) is 13.0 Å². The van der Waals surface area contributed by atoms with Gasteiger partial charge in [-0.25, -0.2) is 9.18 Å². The SMILES string of the molecule is CC(CC(N)=O)C1CN(c2cccc(F)c2)C(=O)O1. The molecule has 0 radical (unpaired) electrons. The highest BCUT2D eigenvalue weighted by Gasteiger charge is 2.36. The van der Waals surface area contributed by atoms with Crippen LogP contribution >= 0.6 is 0 Å². The molecule has 102 valence electrons. The molecule has 1 heterocycles. The van der Waals surface area contributed by atoms with E-state index in [1.807, 2.05) is 0 Å². The van der Waals surface area contributed by atoms with Gasteiger partial charge in [0.1, 0.15) is 11.9 Å². The zero-order valence-electron chi connectivity index (χ0n) is 10.5. The van der Waals surface area contributed by atoms with Gasteiger partial charge in [-0.15, -0.1) is 0 Å². The first kappa shape index (κ1) is 13.3. The highest BCUT2D eigenvalue weighted by Crippen LogP contribution is 2.26. The summed E-state index contributed by atoms with van der Waals surface area (Å²) in [6, 6.07) is 5.73. The molecule has 0 saturated carbocycles. The number of nitrogens with zero attached hydrogens (tertiary/aromatic N) is 1. The maximum Gasteiger partial charge on any atom is 0.414 e. The number of primary amides is 1. The van der Waals surface area contributed by atoms with E-state index in [0.29, 0.717) is 5.69 Å². The van der Waals surface area contributed by atoms with Crippen molar-refractivity contribution in [1.29, 1.82) is 0 Å². The van der Waals surface area contributed by atoms with E-state index < -0.39 is 23.9 Å². The first-order chi connectivity index (χ1) is 8.97. The van der Waals surface area contributed by atoms with Gasteiger partial charge in [0.25, 0.3) is 0 Å². The molecule has 1 fully saturated rings. The molecule has 1 aromatic rings. The van der Waals surface area contributed by atoms with Crippen molar-refractivity contribution in [1.82, 2.24) is 0 Å². The molecule has 0 bridgehead atoms. The molecule has 5 nitrogen and oxygen atoms in total. The third kappa shape index (κ3) is 3.01. The second-order valence-corrected chi connectivity index (χ2v) is 4.66. The fourth-order valence-electron chi connectivity index (χ4n) is 2.08. The van der Waals surface area contributed by atoms with Crippen molar-refractivity contribution in [3.63, 3.8) is 0 Å². The fraction of sp³-hybridized carbons (Fsp3) is 0.385. The molecule has 2 N–H and O–H groups in total. The van der Waals surface area contributed by atoms with Gasteiger partial charge in [0.05, 0.1) is 12.2 Å². The minimum absolute atomic E-state index is 0.148. The van der Waals surface area contributed by atoms with Crippen LogP contribution in [0, 0.1) is 11.7 Å². The lowest BCUT2D eigenvalue weighted by Crippen LogP contribution is -2.29. The Morgan fingerprint density at radius 3 is 3.00 bits per heavy atom. The van der Waals surface area contributed by atoms with E-state index in [0.717, 1.165) is 0 Å². The summed E-state index contributed by atoms with van der Waals surface area (Å²) in [6.45, 7) is 2.08. The number of ether oxygens (including phenoxy) is 1. The molecule has 2 atom stereocenters. The van der Waals surface area contributed by atoms with Crippen LogP contribution in [-0.2, 0) is 9.53 Å². The van der Waals surface area contributed by atoms with Crippen LogP contribution in [0.2, 0.25) is 0 Å². The second kappa shape index (κ2) is 5.26. The normalized spacial score (nSPS) is 20.2. The summed E-state index contributed by atoms with van der Waals surface area (Å²) in [7, 11) is 0. The zero-order chi connectivity index (χ0) is 14.0. The summed E-state index contributed by atoms with van der Waals surface area (Å²) in [5, 5.41) is 0. The van der Waals surface area contributed by atoms with Crippen LogP contribution in [-0.4, -0.2) is 24.6 Å². The number of cyclic esters (lactones) is 1. The van der Waals surface area contributed by atoms with Gasteiger partial charge in [0.2, 0.25) is 5.91 Å². The average Bonchev–Trinajstić information content (AvgIpc) is 2.70. The first-order valence-corrected chi connectivity index (χ1v) is 5.99. The maximum absolute atomic E-state index is 13.1. The summed E-state index contributed by atoms with van der Waals surface area (Å²) in [4.78, 5) is 24.0. The minimum atomic E-state index is -0.535. The van der Waals surface area contributed by atoms with Gasteiger partial charge in [0.15, 0.2) is 0 Å². The lowest BCUT2D eigenvalue weighted by Gasteiger charge is -2.16. The number of benzene rings is 1. The fourth-order valence-corrected chi connectivity index (χ4v) is 2.08. The summed E-state index contributed by atoms with van der Waals surface area (Å²) < 4.78 is 18.3. The third-order valence-electron chi connectivity index (χ3n) is 3.11. The predicted molar refractivity (Wildman–Crippen MR) is 67.0 cm³/mol. The Labute approximate surface area is 110 Å². The number of carbonyl (C=O) groups excluding carboxylic acids is 2. The number of rotatable bonds is 4. The van der Waals surface area contributed by atoms with Gasteiger partial charge >= 0.3 is 6.09 Å². The van der Waals surface area contributed by atoms with Gasteiger partial charge in [-0.05, 0) is 18.2 Å². The van der Waals surface area contributed by atoms with Gasteiger partial charge in [-0.1, -0.05) is 13.0 Å². The Balaban J connectivity index is 2.09. The Hall–Kier alpha value is -2.11. The first-order valence-electron chi connectivity index (χ1n) is 5.99. The van der Waals surface area contributed by atoms with E-state index in [-0.39, 0.29) is 18.9 Å². The molecule has 0 aliphatic carbocycles. The molecule has 1 aliphatic heterocycles. The van der Waals surface area contributed by atoms with Crippen molar-refractivity contribution < 1.29 is 18.7 Å². The molecule has 2 amide bonds. The molecule has 0 spiro atoms. The van der Waals surface area contributed by atoms with E-state index in [2.05, 4.69) is 0 Å². The topological polar surface area (TPSA) is 72.6 Å². The predicted octanol–water partition coefficient (Wildman–Crippen LogP) is 1.66. The number of hydrogen-bond acceptors (Lipinski definition) is 3. The summed E-state index contributed by atoms with van der Waals surface area (Å²) in [6.07, 6.45) is -0.801. The smallest absolute Gasteiger partial charge is 0.414 e. The van der Waals surface area contributed by atoms with Crippen molar-refractivity contribution in [2.75, 3.05) is 11.4 Å². The summed E-state index contributed by atoms with van der Waals surface area (Å²) in [5.74, 6) is -1.02. The van der Waals surface area contributed by atoms with Crippen molar-refractivity contribution >= 4 is 17.7 Å². The standard InChI is InChI=1S/C13H15FN2O3/c1-8(5-12(15)17)11-7-16(13(18)19-11)10-4-2-3-9(14)6-10/h2-4,6,8,11H,5,7H2,1H3,(H2,15,17). The summed E-state index contributed by atoms with van der Waals surface area (Å²) >= 11 is 0. The summed E-state index contributed by atoms with van der Waals surface area (Å²) in [5.41, 5.74) is 5.56. The zero-order valence-corrected chi connectivity index (χ0v) is 10.5. The molecular weight excluding hydrogens is 251 g/mol. The van der Waals surface area contributed by atoms with Gasteiger partial charge in [-0.2, -0.15) is 0 Å². The molecule has 6 heteroatoms. The molecule has 2 rings (SSSR count). The van der Waals surface area contributed by atoms with Crippen LogP contribution in [0.4, 0.5) is 14.9 Å². The highest BCUT2D eigenvalue weighted by atomic mass is 19.1. The molecule has 1 aromatic carbocycles. The Morgan fingerprint density at radius 2 is 2.37 bits per heavy atom. The molecule has 19 heavy (non-hydrogen) atoms. The third-order valence-corrected chi connectivity index (χ3v) is 3.11. The van der Waals surface area contributed by atoms with E-state index in [1.165, 1.54) is 23.1 Å². The molecule has 1 saturated heterocycles. The number of anilines is 1. The minimum Gasteiger partial charge on any atom is -0.444 e. The van der Waals surface area contributed by atoms with Gasteiger partial charge in [-0.3, -0.25) is 9.69 Å².